The Hall–Kier alpha value is -3.37. The zero-order valence-electron chi connectivity index (χ0n) is 14.3. The van der Waals surface area contributed by atoms with Crippen molar-refractivity contribution in [3.05, 3.63) is 63.9 Å². The Labute approximate surface area is 158 Å². The van der Waals surface area contributed by atoms with Crippen LogP contribution in [0.2, 0.25) is 0 Å². The molecule has 0 saturated heterocycles. The third-order valence-corrected chi connectivity index (χ3v) is 5.70. The second-order valence-corrected chi connectivity index (χ2v) is 7.82. The number of carboxylic acids is 1. The first-order valence-electron chi connectivity index (χ1n) is 8.12. The van der Waals surface area contributed by atoms with Gasteiger partial charge in [-0.25, -0.2) is 17.9 Å². The van der Waals surface area contributed by atoms with E-state index in [0.29, 0.717) is 22.6 Å². The van der Waals surface area contributed by atoms with Gasteiger partial charge in [-0.1, -0.05) is 6.07 Å². The number of sulfonamides is 1. The number of rotatable bonds is 5. The lowest BCUT2D eigenvalue weighted by molar-refractivity contribution is 0.0695. The number of nitrogens with one attached hydrogen (secondary N) is 2. The zero-order chi connectivity index (χ0) is 19.9. The van der Waals surface area contributed by atoms with Crippen molar-refractivity contribution in [1.82, 2.24) is 9.71 Å². The maximum Gasteiger partial charge on any atom is 0.341 e. The topological polar surface area (TPSA) is 135 Å². The number of ether oxygens (including phenoxy) is 2. The van der Waals surface area contributed by atoms with Crippen LogP contribution in [0.1, 0.15) is 15.9 Å². The number of hydrogen-bond donors (Lipinski definition) is 3. The number of aromatic nitrogens is 1. The monoisotopic (exact) mass is 402 g/mol. The number of carboxylic acid groups (broad SMARTS) is 1. The van der Waals surface area contributed by atoms with Crippen LogP contribution in [0.5, 0.6) is 11.5 Å². The van der Waals surface area contributed by atoms with Gasteiger partial charge in [-0.3, -0.25) is 4.79 Å². The molecular weight excluding hydrogens is 388 g/mol. The number of H-pyrrole nitrogens is 1. The molecule has 1 aromatic heterocycles. The van der Waals surface area contributed by atoms with Gasteiger partial charge in [0.25, 0.3) is 0 Å². The molecule has 0 fully saturated rings. The maximum atomic E-state index is 12.6. The van der Waals surface area contributed by atoms with Gasteiger partial charge < -0.3 is 19.6 Å². The van der Waals surface area contributed by atoms with Gasteiger partial charge in [0.2, 0.25) is 22.2 Å². The quantitative estimate of drug-likeness (QED) is 0.588. The van der Waals surface area contributed by atoms with Crippen LogP contribution in [-0.4, -0.2) is 31.3 Å². The van der Waals surface area contributed by atoms with Crippen LogP contribution < -0.4 is 19.6 Å². The van der Waals surface area contributed by atoms with Crippen LogP contribution in [0.25, 0.3) is 10.9 Å². The van der Waals surface area contributed by atoms with Gasteiger partial charge in [-0.2, -0.15) is 0 Å². The maximum absolute atomic E-state index is 12.6. The predicted molar refractivity (Wildman–Crippen MR) is 98.1 cm³/mol. The molecule has 0 atom stereocenters. The predicted octanol–water partition coefficient (Wildman–Crippen LogP) is 1.43. The van der Waals surface area contributed by atoms with Gasteiger partial charge in [0.1, 0.15) is 5.56 Å². The fraction of sp³-hybridized carbons (Fsp3) is 0.111. The highest BCUT2D eigenvalue weighted by atomic mass is 32.2. The van der Waals surface area contributed by atoms with Crippen LogP contribution >= 0.6 is 0 Å². The summed E-state index contributed by atoms with van der Waals surface area (Å²) >= 11 is 0. The first-order chi connectivity index (χ1) is 13.3. The van der Waals surface area contributed by atoms with Crippen LogP contribution in [0.4, 0.5) is 0 Å². The molecular formula is C18H14N2O7S. The molecule has 1 aliphatic rings. The van der Waals surface area contributed by atoms with Crippen molar-refractivity contribution >= 4 is 26.9 Å². The van der Waals surface area contributed by atoms with Crippen LogP contribution in [0.15, 0.2) is 52.3 Å². The average Bonchev–Trinajstić information content (AvgIpc) is 3.14. The number of pyridine rings is 1. The van der Waals surface area contributed by atoms with E-state index in [4.69, 9.17) is 14.6 Å². The normalized spacial score (nSPS) is 13.0. The molecule has 10 heteroatoms. The van der Waals surface area contributed by atoms with Crippen molar-refractivity contribution < 1.29 is 27.8 Å². The van der Waals surface area contributed by atoms with E-state index in [2.05, 4.69) is 9.71 Å². The molecule has 0 saturated carbocycles. The highest BCUT2D eigenvalue weighted by Gasteiger charge is 2.19. The molecule has 9 nitrogen and oxygen atoms in total. The molecule has 0 spiro atoms. The third-order valence-electron chi connectivity index (χ3n) is 4.30. The molecule has 3 N–H and O–H groups in total. The lowest BCUT2D eigenvalue weighted by atomic mass is 10.1. The number of hydrogen-bond acceptors (Lipinski definition) is 6. The average molecular weight is 402 g/mol. The summed E-state index contributed by atoms with van der Waals surface area (Å²) in [4.78, 5) is 25.9. The molecule has 3 aromatic rings. The lowest BCUT2D eigenvalue weighted by Crippen LogP contribution is -2.23. The number of carbonyl (C=O) groups is 1. The highest BCUT2D eigenvalue weighted by molar-refractivity contribution is 7.89. The molecule has 0 unspecified atom stereocenters. The van der Waals surface area contributed by atoms with Gasteiger partial charge in [0.15, 0.2) is 11.5 Å². The molecule has 4 rings (SSSR count). The Bertz CT molecular complexity index is 1260. The molecule has 2 aromatic carbocycles. The smallest absolute Gasteiger partial charge is 0.341 e. The number of aromatic amines is 1. The van der Waals surface area contributed by atoms with Gasteiger partial charge in [0.05, 0.1) is 4.90 Å². The summed E-state index contributed by atoms with van der Waals surface area (Å²) < 4.78 is 38.2. The first-order valence-corrected chi connectivity index (χ1v) is 9.60. The Morgan fingerprint density at radius 3 is 2.71 bits per heavy atom. The SMILES string of the molecule is O=C(O)c1c[nH]c2ccc(S(=O)(=O)NCc3ccc4c(c3)OCO4)cc2c1=O. The van der Waals surface area contributed by atoms with E-state index < -0.39 is 27.0 Å². The molecule has 28 heavy (non-hydrogen) atoms. The molecule has 0 bridgehead atoms. The van der Waals surface area contributed by atoms with Crippen LogP contribution in [0.3, 0.4) is 0 Å². The van der Waals surface area contributed by atoms with E-state index in [9.17, 15) is 18.0 Å². The number of fused-ring (bicyclic) bond motifs is 2. The van der Waals surface area contributed by atoms with E-state index >= 15 is 0 Å². The largest absolute Gasteiger partial charge is 0.477 e. The van der Waals surface area contributed by atoms with Gasteiger partial charge in [-0.15, -0.1) is 0 Å². The standard InChI is InChI=1S/C18H14N2O7S/c21-17-12-6-11(2-3-14(12)19-8-13(17)18(22)23)28(24,25)20-7-10-1-4-15-16(5-10)27-9-26-15/h1-6,8,20H,7,9H2,(H,19,21)(H,22,23). The van der Waals surface area contributed by atoms with Crippen LogP contribution in [-0.2, 0) is 16.6 Å². The summed E-state index contributed by atoms with van der Waals surface area (Å²) in [6, 6.07) is 8.98. The van der Waals surface area contributed by atoms with E-state index in [1.54, 1.807) is 18.2 Å². The van der Waals surface area contributed by atoms with Crippen molar-refractivity contribution in [2.45, 2.75) is 11.4 Å². The van der Waals surface area contributed by atoms with Crippen molar-refractivity contribution in [3.8, 4) is 11.5 Å². The summed E-state index contributed by atoms with van der Waals surface area (Å²) in [6.07, 6.45) is 1.08. The summed E-state index contributed by atoms with van der Waals surface area (Å²) in [6.45, 7) is 0.122. The summed E-state index contributed by atoms with van der Waals surface area (Å²) in [5.41, 5.74) is -0.214. The van der Waals surface area contributed by atoms with E-state index in [1.165, 1.54) is 12.1 Å². The first kappa shape index (κ1) is 18.0. The Morgan fingerprint density at radius 2 is 1.93 bits per heavy atom. The van der Waals surface area contributed by atoms with Crippen molar-refractivity contribution in [3.63, 3.8) is 0 Å². The van der Waals surface area contributed by atoms with Gasteiger partial charge in [0, 0.05) is 23.6 Å². The van der Waals surface area contributed by atoms with Gasteiger partial charge in [-0.05, 0) is 35.9 Å². The minimum Gasteiger partial charge on any atom is -0.477 e. The fourth-order valence-corrected chi connectivity index (χ4v) is 3.88. The molecule has 144 valence electrons. The van der Waals surface area contributed by atoms with E-state index in [1.807, 2.05) is 0 Å². The molecule has 0 amide bonds. The Kier molecular flexibility index (Phi) is 4.28. The molecule has 2 heterocycles. The Balaban J connectivity index is 1.63. The van der Waals surface area contributed by atoms with Crippen molar-refractivity contribution in [2.24, 2.45) is 0 Å². The van der Waals surface area contributed by atoms with Crippen molar-refractivity contribution in [1.29, 1.82) is 0 Å². The minimum atomic E-state index is -3.94. The second kappa shape index (κ2) is 6.66. The highest BCUT2D eigenvalue weighted by Crippen LogP contribution is 2.32. The van der Waals surface area contributed by atoms with E-state index in [-0.39, 0.29) is 23.6 Å². The summed E-state index contributed by atoms with van der Waals surface area (Å²) in [7, 11) is -3.94. The zero-order valence-corrected chi connectivity index (χ0v) is 15.1. The lowest BCUT2D eigenvalue weighted by Gasteiger charge is -2.09. The third kappa shape index (κ3) is 3.19. The fourth-order valence-electron chi connectivity index (χ4n) is 2.84. The van der Waals surface area contributed by atoms with Gasteiger partial charge >= 0.3 is 5.97 Å². The summed E-state index contributed by atoms with van der Waals surface area (Å²) in [5, 5.41) is 9.04. The van der Waals surface area contributed by atoms with Crippen molar-refractivity contribution in [2.75, 3.05) is 6.79 Å². The second-order valence-electron chi connectivity index (χ2n) is 6.06. The number of benzene rings is 2. The number of aromatic carboxylic acids is 1. The molecule has 1 aliphatic heterocycles. The van der Waals surface area contributed by atoms with E-state index in [0.717, 1.165) is 12.3 Å². The van der Waals surface area contributed by atoms with Crippen LogP contribution in [0, 0.1) is 0 Å². The minimum absolute atomic E-state index is 0.00251. The molecule has 0 radical (unpaired) electrons. The summed E-state index contributed by atoms with van der Waals surface area (Å²) in [5.74, 6) is -0.262. The Morgan fingerprint density at radius 1 is 1.14 bits per heavy atom. The molecule has 0 aliphatic carbocycles.